The molecule has 3 aromatic carbocycles. The van der Waals surface area contributed by atoms with Crippen molar-refractivity contribution in [3.05, 3.63) is 77.9 Å². The lowest BCUT2D eigenvalue weighted by atomic mass is 10.1. The number of hydrogen-bond donors (Lipinski definition) is 1. The zero-order valence-corrected chi connectivity index (χ0v) is 18.7. The second kappa shape index (κ2) is 10.1. The van der Waals surface area contributed by atoms with Gasteiger partial charge >= 0.3 is 0 Å². The van der Waals surface area contributed by atoms with Crippen molar-refractivity contribution < 1.29 is 23.8 Å². The van der Waals surface area contributed by atoms with Crippen LogP contribution >= 0.6 is 0 Å². The number of benzene rings is 3. The van der Waals surface area contributed by atoms with Crippen LogP contribution in [0.25, 0.3) is 0 Å². The van der Waals surface area contributed by atoms with Crippen LogP contribution in [-0.4, -0.2) is 38.2 Å². The van der Waals surface area contributed by atoms with Crippen molar-refractivity contribution in [3.63, 3.8) is 0 Å². The third-order valence-corrected chi connectivity index (χ3v) is 5.21. The van der Waals surface area contributed by atoms with Crippen LogP contribution in [0.2, 0.25) is 0 Å². The van der Waals surface area contributed by atoms with E-state index in [4.69, 9.17) is 14.2 Å². The van der Waals surface area contributed by atoms with Gasteiger partial charge in [-0.25, -0.2) is 0 Å². The molecule has 1 aliphatic rings. The largest absolute Gasteiger partial charge is 0.492 e. The van der Waals surface area contributed by atoms with Gasteiger partial charge in [-0.3, -0.25) is 9.59 Å². The Morgan fingerprint density at radius 2 is 1.85 bits per heavy atom. The van der Waals surface area contributed by atoms with E-state index in [9.17, 15) is 9.59 Å². The van der Waals surface area contributed by atoms with Gasteiger partial charge < -0.3 is 24.4 Å². The molecule has 170 valence electrons. The predicted molar refractivity (Wildman–Crippen MR) is 126 cm³/mol. The van der Waals surface area contributed by atoms with Crippen molar-refractivity contribution >= 4 is 23.2 Å². The van der Waals surface area contributed by atoms with Crippen molar-refractivity contribution in [2.75, 3.05) is 36.6 Å². The van der Waals surface area contributed by atoms with E-state index in [0.717, 1.165) is 16.9 Å². The monoisotopic (exact) mass is 446 g/mol. The topological polar surface area (TPSA) is 77.1 Å². The maximum Gasteiger partial charge on any atom is 0.265 e. The molecule has 3 aromatic rings. The normalized spacial score (nSPS) is 12.5. The molecule has 0 unspecified atom stereocenters. The van der Waals surface area contributed by atoms with Crippen molar-refractivity contribution in [2.24, 2.45) is 0 Å². The summed E-state index contributed by atoms with van der Waals surface area (Å²) in [5, 5.41) is 2.82. The summed E-state index contributed by atoms with van der Waals surface area (Å²) in [6, 6.07) is 20.5. The molecule has 7 heteroatoms. The standard InChI is InChI=1S/C26H26N2O5/c1-18-8-9-19(2)24(14-18)32-16-25(29)27-20-10-11-23-22(15-20)28(26(30)17-33-23)12-13-31-21-6-4-3-5-7-21/h3-11,14-15H,12-13,16-17H2,1-2H3,(H,27,29). The molecule has 0 radical (unpaired) electrons. The summed E-state index contributed by atoms with van der Waals surface area (Å²) in [6.07, 6.45) is 0. The first-order chi connectivity index (χ1) is 16.0. The number of nitrogens with one attached hydrogen (secondary N) is 1. The van der Waals surface area contributed by atoms with Crippen molar-refractivity contribution in [1.29, 1.82) is 0 Å². The maximum atomic E-state index is 12.5. The molecule has 0 fully saturated rings. The Labute approximate surface area is 192 Å². The second-order valence-electron chi connectivity index (χ2n) is 7.78. The number of amides is 2. The Hall–Kier alpha value is -4.00. The van der Waals surface area contributed by atoms with Gasteiger partial charge in [0.2, 0.25) is 0 Å². The quantitative estimate of drug-likeness (QED) is 0.563. The summed E-state index contributed by atoms with van der Waals surface area (Å²) in [7, 11) is 0. The van der Waals surface area contributed by atoms with Crippen LogP contribution in [0.1, 0.15) is 11.1 Å². The number of rotatable bonds is 8. The van der Waals surface area contributed by atoms with Crippen LogP contribution < -0.4 is 24.4 Å². The van der Waals surface area contributed by atoms with E-state index in [2.05, 4.69) is 5.32 Å². The number of anilines is 2. The fraction of sp³-hybridized carbons (Fsp3) is 0.231. The van der Waals surface area contributed by atoms with Gasteiger partial charge in [-0.05, 0) is 61.4 Å². The Balaban J connectivity index is 1.39. The van der Waals surface area contributed by atoms with Gasteiger partial charge in [0.05, 0.1) is 12.2 Å². The summed E-state index contributed by atoms with van der Waals surface area (Å²) in [5.74, 6) is 1.54. The number of para-hydroxylation sites is 1. The highest BCUT2D eigenvalue weighted by atomic mass is 16.5. The smallest absolute Gasteiger partial charge is 0.265 e. The Morgan fingerprint density at radius 3 is 2.67 bits per heavy atom. The van der Waals surface area contributed by atoms with Gasteiger partial charge in [0.25, 0.3) is 11.8 Å². The highest BCUT2D eigenvalue weighted by Gasteiger charge is 2.26. The number of carbonyl (C=O) groups is 2. The first kappa shape index (κ1) is 22.2. The number of ether oxygens (including phenoxy) is 3. The molecule has 0 atom stereocenters. The lowest BCUT2D eigenvalue weighted by molar-refractivity contribution is -0.121. The van der Waals surface area contributed by atoms with Crippen LogP contribution in [0.5, 0.6) is 17.2 Å². The van der Waals surface area contributed by atoms with Crippen molar-refractivity contribution in [1.82, 2.24) is 0 Å². The zero-order chi connectivity index (χ0) is 23.2. The average Bonchev–Trinajstić information content (AvgIpc) is 2.82. The van der Waals surface area contributed by atoms with Crippen molar-refractivity contribution in [3.8, 4) is 17.2 Å². The molecule has 0 spiro atoms. The molecule has 2 amide bonds. The van der Waals surface area contributed by atoms with Gasteiger partial charge in [-0.1, -0.05) is 30.3 Å². The van der Waals surface area contributed by atoms with E-state index in [0.29, 0.717) is 36.0 Å². The molecular formula is C26H26N2O5. The van der Waals surface area contributed by atoms with E-state index in [-0.39, 0.29) is 25.0 Å². The zero-order valence-electron chi connectivity index (χ0n) is 18.7. The Morgan fingerprint density at radius 1 is 1.03 bits per heavy atom. The minimum Gasteiger partial charge on any atom is -0.492 e. The molecule has 1 N–H and O–H groups in total. The van der Waals surface area contributed by atoms with E-state index in [1.807, 2.05) is 62.4 Å². The maximum absolute atomic E-state index is 12.5. The lowest BCUT2D eigenvalue weighted by Gasteiger charge is -2.29. The van der Waals surface area contributed by atoms with Crippen LogP contribution in [0, 0.1) is 13.8 Å². The number of aryl methyl sites for hydroxylation is 2. The Bertz CT molecular complexity index is 1150. The molecule has 7 nitrogen and oxygen atoms in total. The minimum atomic E-state index is -0.294. The molecule has 1 aliphatic heterocycles. The summed E-state index contributed by atoms with van der Waals surface area (Å²) in [6.45, 7) is 4.44. The third kappa shape index (κ3) is 5.63. The lowest BCUT2D eigenvalue weighted by Crippen LogP contribution is -2.41. The fourth-order valence-corrected chi connectivity index (χ4v) is 3.50. The molecule has 0 aromatic heterocycles. The van der Waals surface area contributed by atoms with Crippen LogP contribution in [0.15, 0.2) is 66.7 Å². The molecule has 33 heavy (non-hydrogen) atoms. The summed E-state index contributed by atoms with van der Waals surface area (Å²) in [5.41, 5.74) is 3.17. The summed E-state index contributed by atoms with van der Waals surface area (Å²) >= 11 is 0. The van der Waals surface area contributed by atoms with Crippen LogP contribution in [0.3, 0.4) is 0 Å². The molecule has 0 saturated heterocycles. The third-order valence-electron chi connectivity index (χ3n) is 5.21. The second-order valence-corrected chi connectivity index (χ2v) is 7.78. The van der Waals surface area contributed by atoms with Gasteiger partial charge in [0.1, 0.15) is 23.9 Å². The van der Waals surface area contributed by atoms with E-state index < -0.39 is 0 Å². The van der Waals surface area contributed by atoms with Gasteiger partial charge in [-0.15, -0.1) is 0 Å². The molecular weight excluding hydrogens is 420 g/mol. The Kier molecular flexibility index (Phi) is 6.78. The van der Waals surface area contributed by atoms with Gasteiger partial charge in [0, 0.05) is 5.69 Å². The fourth-order valence-electron chi connectivity index (χ4n) is 3.50. The molecule has 0 aliphatic carbocycles. The predicted octanol–water partition coefficient (Wildman–Crippen LogP) is 4.13. The molecule has 0 saturated carbocycles. The number of carbonyl (C=O) groups excluding carboxylic acids is 2. The molecule has 4 rings (SSSR count). The van der Waals surface area contributed by atoms with E-state index in [1.54, 1.807) is 23.1 Å². The molecule has 1 heterocycles. The minimum absolute atomic E-state index is 0.0340. The summed E-state index contributed by atoms with van der Waals surface area (Å²) in [4.78, 5) is 26.6. The number of nitrogens with zero attached hydrogens (tertiary/aromatic N) is 1. The van der Waals surface area contributed by atoms with Gasteiger partial charge in [0.15, 0.2) is 13.2 Å². The average molecular weight is 447 g/mol. The van der Waals surface area contributed by atoms with Crippen LogP contribution in [0.4, 0.5) is 11.4 Å². The molecule has 0 bridgehead atoms. The highest BCUT2D eigenvalue weighted by molar-refractivity contribution is 5.99. The summed E-state index contributed by atoms with van der Waals surface area (Å²) < 4.78 is 17.0. The van der Waals surface area contributed by atoms with Crippen LogP contribution in [-0.2, 0) is 9.59 Å². The number of fused-ring (bicyclic) bond motifs is 1. The highest BCUT2D eigenvalue weighted by Crippen LogP contribution is 2.34. The van der Waals surface area contributed by atoms with E-state index in [1.165, 1.54) is 0 Å². The van der Waals surface area contributed by atoms with E-state index >= 15 is 0 Å². The number of hydrogen-bond acceptors (Lipinski definition) is 5. The first-order valence-electron chi connectivity index (χ1n) is 10.7. The van der Waals surface area contributed by atoms with Gasteiger partial charge in [-0.2, -0.15) is 0 Å². The SMILES string of the molecule is Cc1ccc(C)c(OCC(=O)Nc2ccc3c(c2)N(CCOc2ccccc2)C(=O)CO3)c1. The first-order valence-corrected chi connectivity index (χ1v) is 10.7. The van der Waals surface area contributed by atoms with Crippen molar-refractivity contribution in [2.45, 2.75) is 13.8 Å².